The third-order valence-corrected chi connectivity index (χ3v) is 13.9. The highest BCUT2D eigenvalue weighted by Gasteiger charge is 1.94. The quantitative estimate of drug-likeness (QED) is 0.137. The van der Waals surface area contributed by atoms with E-state index >= 15 is 0 Å². The lowest BCUT2D eigenvalue weighted by atomic mass is 10.4. The van der Waals surface area contributed by atoms with Gasteiger partial charge < -0.3 is 17.6 Å². The lowest BCUT2D eigenvalue weighted by molar-refractivity contribution is 0.921. The van der Waals surface area contributed by atoms with Gasteiger partial charge >= 0.3 is 0 Å². The van der Waals surface area contributed by atoms with Crippen LogP contribution in [0.25, 0.3) is 61.2 Å². The standard InChI is InChI=1S/C8H7N.4C7H6N2.6C6H5N3/c1-2-6-9-7-3-5-8(9)4-1;1-3-7-8-4-2-6-9(7)5-1;1-3-7-4-2-6-9(7)8-5-1;1-2-7-3-4-8-6-9(7)5-1;1-2-6-9-7(3-1)4-5-8-9;1-3-7-5-9-6(1)2-4-8-9;1-3-7-6-2-4-8-9(6)5-1;1-2-9-5-8-4-6(9)3-7-1;1-2-8-9-4-3-7-5-6(1)9;1-2-4-9-5-7-8-6(9)3-1;1-2-4-9-6(3-1)7-5-8-9/h1-7H;4*1-6H;6*1-5H. The fraction of sp³-hybridized carbons (Fsp3) is 0. The molecule has 0 fully saturated rings. The van der Waals surface area contributed by atoms with E-state index in [0.717, 1.165) is 50.2 Å². The topological polar surface area (TPSA) is 255 Å². The van der Waals surface area contributed by atoms with Gasteiger partial charge in [0.1, 0.15) is 24.6 Å². The van der Waals surface area contributed by atoms with Gasteiger partial charge in [0, 0.05) is 141 Å². The van der Waals surface area contributed by atoms with Crippen molar-refractivity contribution in [1.82, 2.24) is 130 Å². The SMILES string of the molecule is c1cc2ccncn2c1.c1cc2ccnn2cn1.c1ccn2cccc2c1.c1ccn2cnnc2c1.c1ccn2nccc2c1.c1ccn2ncnc2c1.c1cn2cncc2cn1.c1cn2nccc2cn1.c1cnc2cccn2c1.c1cnc2ccnn2c1.c1cnn2cccc2c1. The fourth-order valence-electron chi connectivity index (χ4n) is 9.09. The second-order valence-corrected chi connectivity index (χ2v) is 20.3. The molecule has 0 bridgehead atoms. The zero-order valence-electron chi connectivity index (χ0n) is 52.8. The summed E-state index contributed by atoms with van der Waals surface area (Å²) in [5.74, 6) is 0. The fourth-order valence-corrected chi connectivity index (χ4v) is 9.09. The van der Waals surface area contributed by atoms with Crippen LogP contribution in [0.4, 0.5) is 0 Å². The Kier molecular flexibility index (Phi) is 22.3. The monoisotopic (exact) mass is 1300 g/mol. The number of nitrogens with zero attached hydrogens (tertiary/aromatic N) is 27. The molecule has 22 heterocycles. The summed E-state index contributed by atoms with van der Waals surface area (Å²) in [6.07, 6.45) is 56.2. The largest absolute Gasteiger partial charge is 0.324 e. The minimum atomic E-state index is 0.887. The van der Waals surface area contributed by atoms with Gasteiger partial charge in [0.2, 0.25) is 0 Å². The van der Waals surface area contributed by atoms with Crippen LogP contribution in [-0.4, -0.2) is 130 Å². The van der Waals surface area contributed by atoms with Crippen molar-refractivity contribution in [2.75, 3.05) is 0 Å². The molecule has 0 saturated heterocycles. The Morgan fingerprint density at radius 3 is 1.42 bits per heavy atom. The van der Waals surface area contributed by atoms with Gasteiger partial charge in [0.05, 0.1) is 77.4 Å². The molecule has 0 spiro atoms. The second kappa shape index (κ2) is 34.2. The summed E-state index contributed by atoms with van der Waals surface area (Å²) < 4.78 is 20.4. The molecule has 0 atom stereocenters. The van der Waals surface area contributed by atoms with Crippen molar-refractivity contribution in [3.63, 3.8) is 0 Å². The molecule has 0 aliphatic rings. The van der Waals surface area contributed by atoms with Crippen molar-refractivity contribution in [2.45, 2.75) is 0 Å². The van der Waals surface area contributed by atoms with Crippen LogP contribution in [0, 0.1) is 0 Å². The lowest BCUT2D eigenvalue weighted by Gasteiger charge is -1.88. The Labute approximate surface area is 563 Å². The molecule has 0 amide bonds. The van der Waals surface area contributed by atoms with E-state index in [2.05, 4.69) is 97.2 Å². The summed E-state index contributed by atoms with van der Waals surface area (Å²) in [4.78, 5) is 31.7. The molecular formula is C72H61N27. The summed E-state index contributed by atoms with van der Waals surface area (Å²) in [6.45, 7) is 0. The van der Waals surface area contributed by atoms with Crippen LogP contribution in [0.1, 0.15) is 0 Å². The van der Waals surface area contributed by atoms with E-state index in [-0.39, 0.29) is 0 Å². The van der Waals surface area contributed by atoms with Gasteiger partial charge in [-0.05, 0) is 152 Å². The Balaban J connectivity index is 0.000000103. The molecule has 0 aliphatic heterocycles. The maximum Gasteiger partial charge on any atom is 0.160 e. The number of pyridine rings is 4. The molecule has 0 unspecified atom stereocenters. The summed E-state index contributed by atoms with van der Waals surface area (Å²) in [7, 11) is 0. The van der Waals surface area contributed by atoms with Crippen molar-refractivity contribution in [3.8, 4) is 0 Å². The van der Waals surface area contributed by atoms with Crippen molar-refractivity contribution >= 4 is 61.2 Å². The molecule has 0 radical (unpaired) electrons. The second-order valence-electron chi connectivity index (χ2n) is 20.3. The first kappa shape index (κ1) is 64.3. The summed E-state index contributed by atoms with van der Waals surface area (Å²) >= 11 is 0. The van der Waals surface area contributed by atoms with Crippen LogP contribution < -0.4 is 0 Å². The molecule has 484 valence electrons. The number of fused-ring (bicyclic) bond motifs is 11. The van der Waals surface area contributed by atoms with Crippen molar-refractivity contribution in [2.24, 2.45) is 0 Å². The molecule has 0 saturated carbocycles. The van der Waals surface area contributed by atoms with Crippen LogP contribution in [-0.2, 0) is 0 Å². The Morgan fingerprint density at radius 2 is 0.667 bits per heavy atom. The van der Waals surface area contributed by atoms with Crippen molar-refractivity contribution in [1.29, 1.82) is 0 Å². The third kappa shape index (κ3) is 18.5. The van der Waals surface area contributed by atoms with E-state index in [1.54, 1.807) is 130 Å². The molecule has 0 aliphatic carbocycles. The normalized spacial score (nSPS) is 10.2. The van der Waals surface area contributed by atoms with Gasteiger partial charge in [0.15, 0.2) is 16.9 Å². The average Bonchev–Trinajstić information content (AvgIpc) is 4.53. The van der Waals surface area contributed by atoms with Crippen molar-refractivity contribution < 1.29 is 0 Å². The van der Waals surface area contributed by atoms with E-state index in [9.17, 15) is 0 Å². The predicted molar refractivity (Wildman–Crippen MR) is 376 cm³/mol. The molecule has 0 aromatic carbocycles. The number of hydrogen-bond acceptors (Lipinski definition) is 16. The van der Waals surface area contributed by atoms with E-state index in [1.165, 1.54) is 17.4 Å². The highest BCUT2D eigenvalue weighted by atomic mass is 15.3. The minimum absolute atomic E-state index is 0.887. The van der Waals surface area contributed by atoms with E-state index in [1.807, 2.05) is 271 Å². The molecular weight excluding hydrogens is 1240 g/mol. The average molecular weight is 1300 g/mol. The first-order valence-corrected chi connectivity index (χ1v) is 30.6. The van der Waals surface area contributed by atoms with E-state index in [4.69, 9.17) is 0 Å². The maximum absolute atomic E-state index is 4.10. The minimum Gasteiger partial charge on any atom is -0.324 e. The van der Waals surface area contributed by atoms with Gasteiger partial charge in [-0.25, -0.2) is 57.0 Å². The van der Waals surface area contributed by atoms with Gasteiger partial charge in [-0.1, -0.05) is 24.3 Å². The van der Waals surface area contributed by atoms with Crippen LogP contribution >= 0.6 is 0 Å². The first-order chi connectivity index (χ1) is 49.1. The third-order valence-electron chi connectivity index (χ3n) is 13.9. The predicted octanol–water partition coefficient (Wildman–Crippen LogP) is 11.7. The lowest BCUT2D eigenvalue weighted by Crippen LogP contribution is -1.85. The van der Waals surface area contributed by atoms with Crippen LogP contribution in [0.15, 0.2) is 375 Å². The Bertz CT molecular complexity index is 4350. The highest BCUT2D eigenvalue weighted by Crippen LogP contribution is 2.05. The van der Waals surface area contributed by atoms with Crippen LogP contribution in [0.5, 0.6) is 0 Å². The van der Waals surface area contributed by atoms with Crippen LogP contribution in [0.2, 0.25) is 0 Å². The summed E-state index contributed by atoms with van der Waals surface area (Å²) in [6, 6.07) is 59.0. The van der Waals surface area contributed by atoms with Gasteiger partial charge in [0.25, 0.3) is 0 Å². The zero-order chi connectivity index (χ0) is 67.1. The summed E-state index contributed by atoms with van der Waals surface area (Å²) in [5.41, 5.74) is 11.5. The smallest absolute Gasteiger partial charge is 0.160 e. The number of hydrogen-bond donors (Lipinski definition) is 0. The molecule has 0 N–H and O–H groups in total. The molecule has 22 rings (SSSR count). The van der Waals surface area contributed by atoms with Gasteiger partial charge in [-0.2, -0.15) is 30.6 Å². The molecule has 27 heteroatoms. The number of rotatable bonds is 0. The van der Waals surface area contributed by atoms with E-state index < -0.39 is 0 Å². The molecule has 22 aromatic heterocycles. The van der Waals surface area contributed by atoms with E-state index in [0.29, 0.717) is 0 Å². The van der Waals surface area contributed by atoms with Gasteiger partial charge in [-0.3, -0.25) is 14.4 Å². The molecule has 27 nitrogen and oxygen atoms in total. The highest BCUT2D eigenvalue weighted by molar-refractivity contribution is 5.49. The molecule has 22 aromatic rings. The van der Waals surface area contributed by atoms with Crippen molar-refractivity contribution in [3.05, 3.63) is 375 Å². The number of aromatic nitrogens is 27. The Hall–Kier alpha value is -14.8. The number of imidazole rings is 1. The maximum atomic E-state index is 4.10. The van der Waals surface area contributed by atoms with Gasteiger partial charge in [-0.15, -0.1) is 10.2 Å². The van der Waals surface area contributed by atoms with Crippen LogP contribution in [0.3, 0.4) is 0 Å². The first-order valence-electron chi connectivity index (χ1n) is 30.6. The Morgan fingerprint density at radius 1 is 0.202 bits per heavy atom. The summed E-state index contributed by atoms with van der Waals surface area (Å²) in [5, 5.41) is 31.5. The molecule has 99 heavy (non-hydrogen) atoms. The zero-order valence-corrected chi connectivity index (χ0v) is 52.8.